The zero-order valence-electron chi connectivity index (χ0n) is 17.9. The predicted molar refractivity (Wildman–Crippen MR) is 122 cm³/mol. The SMILES string of the molecule is CCCCn1c(SC(C)C(=O)c2c(N)n(C)c(=O)n(C)c2=O)nc2ccccc2c1=O. The van der Waals surface area contributed by atoms with Crippen LogP contribution in [0, 0.1) is 0 Å². The molecule has 1 unspecified atom stereocenters. The number of para-hydroxylation sites is 1. The fourth-order valence-corrected chi connectivity index (χ4v) is 4.25. The standard InChI is InChI=1S/C21H25N5O4S/c1-5-6-11-26-18(28)13-9-7-8-10-14(13)23-20(26)31-12(2)16(27)15-17(22)24(3)21(30)25(4)19(15)29/h7-10,12H,5-6,11,22H2,1-4H3. The number of ketones is 1. The van der Waals surface area contributed by atoms with Gasteiger partial charge in [0.25, 0.3) is 11.1 Å². The third-order valence-corrected chi connectivity index (χ3v) is 6.26. The van der Waals surface area contributed by atoms with Gasteiger partial charge in [-0.2, -0.15) is 0 Å². The molecule has 10 heteroatoms. The summed E-state index contributed by atoms with van der Waals surface area (Å²) >= 11 is 1.10. The number of hydrogen-bond acceptors (Lipinski definition) is 7. The molecule has 0 radical (unpaired) electrons. The molecule has 3 aromatic rings. The number of hydrogen-bond donors (Lipinski definition) is 1. The second kappa shape index (κ2) is 8.93. The molecule has 0 aliphatic carbocycles. The quantitative estimate of drug-likeness (QED) is 0.334. The molecule has 31 heavy (non-hydrogen) atoms. The number of thioether (sulfide) groups is 1. The van der Waals surface area contributed by atoms with Crippen molar-refractivity contribution in [2.24, 2.45) is 14.1 Å². The summed E-state index contributed by atoms with van der Waals surface area (Å²) < 4.78 is 3.49. The molecule has 1 atom stereocenters. The lowest BCUT2D eigenvalue weighted by Crippen LogP contribution is -2.42. The largest absolute Gasteiger partial charge is 0.384 e. The molecule has 0 bridgehead atoms. The Morgan fingerprint density at radius 2 is 1.81 bits per heavy atom. The van der Waals surface area contributed by atoms with Crippen molar-refractivity contribution in [1.29, 1.82) is 0 Å². The summed E-state index contributed by atoms with van der Waals surface area (Å²) in [6.45, 7) is 4.12. The molecule has 3 rings (SSSR count). The number of nitrogens with zero attached hydrogens (tertiary/aromatic N) is 4. The highest BCUT2D eigenvalue weighted by Gasteiger charge is 2.27. The number of anilines is 1. The Balaban J connectivity index is 2.07. The van der Waals surface area contributed by atoms with Crippen LogP contribution in [0.25, 0.3) is 10.9 Å². The zero-order chi connectivity index (χ0) is 22.9. The first kappa shape index (κ1) is 22.5. The molecule has 0 saturated heterocycles. The molecule has 164 valence electrons. The first-order chi connectivity index (χ1) is 14.7. The lowest BCUT2D eigenvalue weighted by molar-refractivity contribution is 0.0992. The van der Waals surface area contributed by atoms with Crippen molar-refractivity contribution in [1.82, 2.24) is 18.7 Å². The second-order valence-corrected chi connectivity index (χ2v) is 8.62. The van der Waals surface area contributed by atoms with Crippen molar-refractivity contribution in [2.45, 2.75) is 43.6 Å². The number of carbonyl (C=O) groups is 1. The van der Waals surface area contributed by atoms with E-state index in [1.165, 1.54) is 14.1 Å². The predicted octanol–water partition coefficient (Wildman–Crippen LogP) is 1.54. The molecule has 0 saturated carbocycles. The van der Waals surface area contributed by atoms with Gasteiger partial charge in [0.1, 0.15) is 11.4 Å². The number of fused-ring (bicyclic) bond motifs is 1. The van der Waals surface area contributed by atoms with Crippen molar-refractivity contribution >= 4 is 34.3 Å². The minimum absolute atomic E-state index is 0.168. The van der Waals surface area contributed by atoms with Crippen LogP contribution in [-0.2, 0) is 20.6 Å². The molecule has 2 heterocycles. The minimum Gasteiger partial charge on any atom is -0.384 e. The van der Waals surface area contributed by atoms with Crippen LogP contribution in [0.15, 0.2) is 43.8 Å². The number of benzene rings is 1. The number of nitrogen functional groups attached to an aromatic ring is 1. The van der Waals surface area contributed by atoms with E-state index in [9.17, 15) is 19.2 Å². The Morgan fingerprint density at radius 3 is 2.48 bits per heavy atom. The molecule has 1 aromatic carbocycles. The van der Waals surface area contributed by atoms with Crippen LogP contribution >= 0.6 is 11.8 Å². The van der Waals surface area contributed by atoms with Crippen LogP contribution in [-0.4, -0.2) is 29.7 Å². The Kier molecular flexibility index (Phi) is 6.49. The Bertz CT molecular complexity index is 1340. The third-order valence-electron chi connectivity index (χ3n) is 5.17. The summed E-state index contributed by atoms with van der Waals surface area (Å²) in [5, 5.41) is 0.157. The van der Waals surface area contributed by atoms with Gasteiger partial charge < -0.3 is 5.73 Å². The van der Waals surface area contributed by atoms with Gasteiger partial charge in [0.05, 0.1) is 16.2 Å². The fourth-order valence-electron chi connectivity index (χ4n) is 3.26. The van der Waals surface area contributed by atoms with E-state index in [-0.39, 0.29) is 16.9 Å². The van der Waals surface area contributed by atoms with Gasteiger partial charge in [0.15, 0.2) is 10.9 Å². The highest BCUT2D eigenvalue weighted by Crippen LogP contribution is 2.25. The van der Waals surface area contributed by atoms with Crippen LogP contribution in [0.3, 0.4) is 0 Å². The van der Waals surface area contributed by atoms with Crippen LogP contribution in [0.1, 0.15) is 37.0 Å². The number of nitrogens with two attached hydrogens (primary N) is 1. The van der Waals surface area contributed by atoms with Gasteiger partial charge in [-0.15, -0.1) is 0 Å². The molecule has 0 fully saturated rings. The lowest BCUT2D eigenvalue weighted by Gasteiger charge is -2.17. The van der Waals surface area contributed by atoms with Crippen molar-refractivity contribution < 1.29 is 4.79 Å². The summed E-state index contributed by atoms with van der Waals surface area (Å²) in [4.78, 5) is 55.4. The zero-order valence-corrected chi connectivity index (χ0v) is 18.7. The lowest BCUT2D eigenvalue weighted by atomic mass is 10.1. The van der Waals surface area contributed by atoms with Crippen LogP contribution in [0.4, 0.5) is 5.82 Å². The monoisotopic (exact) mass is 443 g/mol. The van der Waals surface area contributed by atoms with Crippen LogP contribution < -0.4 is 22.5 Å². The smallest absolute Gasteiger partial charge is 0.332 e. The van der Waals surface area contributed by atoms with Crippen LogP contribution in [0.2, 0.25) is 0 Å². The summed E-state index contributed by atoms with van der Waals surface area (Å²) in [6, 6.07) is 7.05. The molecule has 9 nitrogen and oxygen atoms in total. The van der Waals surface area contributed by atoms with Crippen LogP contribution in [0.5, 0.6) is 0 Å². The molecule has 0 amide bonds. The fraction of sp³-hybridized carbons (Fsp3) is 0.381. The summed E-state index contributed by atoms with van der Waals surface area (Å²) in [5.41, 5.74) is 4.71. The Hall–Kier alpha value is -3.14. The molecule has 0 aliphatic heterocycles. The molecular formula is C21H25N5O4S. The average molecular weight is 444 g/mol. The van der Waals surface area contributed by atoms with Gasteiger partial charge in [0.2, 0.25) is 0 Å². The Morgan fingerprint density at radius 1 is 1.13 bits per heavy atom. The van der Waals surface area contributed by atoms with E-state index in [1.807, 2.05) is 6.92 Å². The maximum Gasteiger partial charge on any atom is 0.332 e. The Labute approximate surface area is 182 Å². The molecule has 2 aromatic heterocycles. The number of aromatic nitrogens is 4. The van der Waals surface area contributed by atoms with E-state index < -0.39 is 22.3 Å². The first-order valence-electron chi connectivity index (χ1n) is 9.94. The van der Waals surface area contributed by atoms with Crippen molar-refractivity contribution in [3.05, 3.63) is 61.0 Å². The molecule has 0 spiro atoms. The number of carbonyl (C=O) groups excluding carboxylic acids is 1. The van der Waals surface area contributed by atoms with Crippen molar-refractivity contribution in [2.75, 3.05) is 5.73 Å². The second-order valence-electron chi connectivity index (χ2n) is 7.31. The molecule has 0 aliphatic rings. The van der Waals surface area contributed by atoms with E-state index in [1.54, 1.807) is 35.8 Å². The van der Waals surface area contributed by atoms with E-state index in [0.717, 1.165) is 33.7 Å². The third kappa shape index (κ3) is 4.07. The number of Topliss-reactive ketones (excluding diaryl/α,β-unsaturated/α-hetero) is 1. The van der Waals surface area contributed by atoms with Gasteiger partial charge in [-0.05, 0) is 25.5 Å². The normalized spacial score (nSPS) is 12.3. The van der Waals surface area contributed by atoms with E-state index in [0.29, 0.717) is 22.6 Å². The van der Waals surface area contributed by atoms with Gasteiger partial charge in [-0.3, -0.25) is 28.1 Å². The van der Waals surface area contributed by atoms with E-state index in [4.69, 9.17) is 5.73 Å². The van der Waals surface area contributed by atoms with Gasteiger partial charge in [0, 0.05) is 20.6 Å². The maximum atomic E-state index is 13.1. The first-order valence-corrected chi connectivity index (χ1v) is 10.8. The molecular weight excluding hydrogens is 418 g/mol. The number of rotatable bonds is 7. The average Bonchev–Trinajstić information content (AvgIpc) is 2.76. The van der Waals surface area contributed by atoms with Gasteiger partial charge >= 0.3 is 5.69 Å². The summed E-state index contributed by atoms with van der Waals surface area (Å²) in [5.74, 6) is -0.705. The van der Waals surface area contributed by atoms with Crippen molar-refractivity contribution in [3.63, 3.8) is 0 Å². The summed E-state index contributed by atoms with van der Waals surface area (Å²) in [7, 11) is 2.70. The topological polar surface area (TPSA) is 122 Å². The van der Waals surface area contributed by atoms with E-state index >= 15 is 0 Å². The van der Waals surface area contributed by atoms with E-state index in [2.05, 4.69) is 4.98 Å². The summed E-state index contributed by atoms with van der Waals surface area (Å²) in [6.07, 6.45) is 1.67. The van der Waals surface area contributed by atoms with Gasteiger partial charge in [-0.1, -0.05) is 37.2 Å². The maximum absolute atomic E-state index is 13.1. The highest BCUT2D eigenvalue weighted by atomic mass is 32.2. The van der Waals surface area contributed by atoms with Crippen molar-refractivity contribution in [3.8, 4) is 0 Å². The minimum atomic E-state index is -0.756. The highest BCUT2D eigenvalue weighted by molar-refractivity contribution is 8.00. The van der Waals surface area contributed by atoms with Gasteiger partial charge in [-0.25, -0.2) is 9.78 Å². The number of unbranched alkanes of at least 4 members (excludes halogenated alkanes) is 1. The molecule has 2 N–H and O–H groups in total.